The van der Waals surface area contributed by atoms with Crippen molar-refractivity contribution in [2.75, 3.05) is 40.1 Å². The van der Waals surface area contributed by atoms with Crippen LogP contribution in [0, 0.1) is 0 Å². The number of esters is 1. The van der Waals surface area contributed by atoms with Crippen molar-refractivity contribution in [2.45, 2.75) is 6.10 Å². The molecule has 0 bridgehead atoms. The van der Waals surface area contributed by atoms with Crippen LogP contribution in [0.4, 0.5) is 0 Å². The van der Waals surface area contributed by atoms with Crippen LogP contribution in [0.5, 0.6) is 0 Å². The van der Waals surface area contributed by atoms with Gasteiger partial charge in [-0.15, -0.1) is 0 Å². The van der Waals surface area contributed by atoms with Crippen LogP contribution in [0.3, 0.4) is 0 Å². The number of hydrogen-bond acceptors (Lipinski definition) is 6. The molecule has 6 heteroatoms. The molecular weight excluding hydrogens is 190 g/mol. The molecule has 0 unspecified atom stereocenters. The highest BCUT2D eigenvalue weighted by atomic mass is 16.6. The maximum absolute atomic E-state index is 10.8. The van der Waals surface area contributed by atoms with Crippen LogP contribution in [0.1, 0.15) is 0 Å². The molecule has 0 spiro atoms. The molecular formula is C8H17NO5. The number of methoxy groups -OCH3 is 1. The Balaban J connectivity index is 3.23. The van der Waals surface area contributed by atoms with Gasteiger partial charge in [-0.05, 0) is 0 Å². The van der Waals surface area contributed by atoms with Crippen molar-refractivity contribution in [1.29, 1.82) is 0 Å². The predicted octanol–water partition coefficient (Wildman–Crippen LogP) is -1.49. The van der Waals surface area contributed by atoms with E-state index in [0.29, 0.717) is 13.2 Å². The first-order valence-electron chi connectivity index (χ1n) is 4.33. The van der Waals surface area contributed by atoms with E-state index in [2.05, 4.69) is 4.74 Å². The molecule has 6 nitrogen and oxygen atoms in total. The summed E-state index contributed by atoms with van der Waals surface area (Å²) in [6, 6.07) is 0. The lowest BCUT2D eigenvalue weighted by Gasteiger charge is -2.08. The zero-order chi connectivity index (χ0) is 10.8. The van der Waals surface area contributed by atoms with Gasteiger partial charge in [0.2, 0.25) is 0 Å². The van der Waals surface area contributed by atoms with Gasteiger partial charge in [0.1, 0.15) is 6.61 Å². The smallest absolute Gasteiger partial charge is 0.336 e. The maximum Gasteiger partial charge on any atom is 0.336 e. The zero-order valence-corrected chi connectivity index (χ0v) is 8.27. The summed E-state index contributed by atoms with van der Waals surface area (Å²) in [5, 5.41) is 8.91. The summed E-state index contributed by atoms with van der Waals surface area (Å²) >= 11 is 0. The van der Waals surface area contributed by atoms with Crippen LogP contribution in [-0.2, 0) is 19.0 Å². The van der Waals surface area contributed by atoms with Crippen LogP contribution in [0.25, 0.3) is 0 Å². The van der Waals surface area contributed by atoms with Crippen LogP contribution in [0.2, 0.25) is 0 Å². The number of aliphatic hydroxyl groups excluding tert-OH is 1. The van der Waals surface area contributed by atoms with Crippen molar-refractivity contribution in [1.82, 2.24) is 0 Å². The Morgan fingerprint density at radius 2 is 2.00 bits per heavy atom. The first-order valence-corrected chi connectivity index (χ1v) is 4.33. The molecule has 0 radical (unpaired) electrons. The van der Waals surface area contributed by atoms with E-state index < -0.39 is 12.1 Å². The third-order valence-corrected chi connectivity index (χ3v) is 1.40. The molecule has 14 heavy (non-hydrogen) atoms. The van der Waals surface area contributed by atoms with E-state index in [0.717, 1.165) is 0 Å². The van der Waals surface area contributed by atoms with Gasteiger partial charge in [0.05, 0.1) is 19.8 Å². The quantitative estimate of drug-likeness (QED) is 0.372. The van der Waals surface area contributed by atoms with E-state index in [1.807, 2.05) is 0 Å². The minimum absolute atomic E-state index is 0.111. The van der Waals surface area contributed by atoms with Crippen LogP contribution < -0.4 is 5.73 Å². The first-order chi connectivity index (χ1) is 6.72. The Morgan fingerprint density at radius 1 is 1.36 bits per heavy atom. The molecule has 0 aromatic heterocycles. The zero-order valence-electron chi connectivity index (χ0n) is 8.27. The van der Waals surface area contributed by atoms with Crippen LogP contribution in [-0.4, -0.2) is 57.3 Å². The molecule has 0 aliphatic carbocycles. The average Bonchev–Trinajstić information content (AvgIpc) is 2.21. The summed E-state index contributed by atoms with van der Waals surface area (Å²) in [7, 11) is 1.57. The van der Waals surface area contributed by atoms with E-state index in [4.69, 9.17) is 20.3 Å². The molecule has 0 fully saturated rings. The molecule has 3 N–H and O–H groups in total. The predicted molar refractivity (Wildman–Crippen MR) is 48.7 cm³/mol. The van der Waals surface area contributed by atoms with Crippen molar-refractivity contribution < 1.29 is 24.1 Å². The minimum atomic E-state index is -1.24. The van der Waals surface area contributed by atoms with Crippen LogP contribution in [0.15, 0.2) is 0 Å². The number of nitrogens with two attached hydrogens (primary N) is 1. The fourth-order valence-corrected chi connectivity index (χ4v) is 0.638. The second-order valence-corrected chi connectivity index (χ2v) is 2.52. The Morgan fingerprint density at radius 3 is 2.57 bits per heavy atom. The van der Waals surface area contributed by atoms with Crippen molar-refractivity contribution in [3.63, 3.8) is 0 Å². The van der Waals surface area contributed by atoms with Gasteiger partial charge in [-0.2, -0.15) is 0 Å². The number of carbonyl (C=O) groups is 1. The topological polar surface area (TPSA) is 91.0 Å². The van der Waals surface area contributed by atoms with Crippen molar-refractivity contribution in [3.8, 4) is 0 Å². The molecule has 84 valence electrons. The number of hydrogen-bond donors (Lipinski definition) is 2. The van der Waals surface area contributed by atoms with Gasteiger partial charge in [-0.25, -0.2) is 4.79 Å². The summed E-state index contributed by atoms with van der Waals surface area (Å²) < 4.78 is 14.4. The summed E-state index contributed by atoms with van der Waals surface area (Å²) in [6.07, 6.45) is -1.24. The first kappa shape index (κ1) is 13.3. The van der Waals surface area contributed by atoms with E-state index in [-0.39, 0.29) is 19.8 Å². The van der Waals surface area contributed by atoms with Gasteiger partial charge >= 0.3 is 5.97 Å². The van der Waals surface area contributed by atoms with Crippen LogP contribution >= 0.6 is 0 Å². The lowest BCUT2D eigenvalue weighted by atomic mass is 10.4. The number of carbonyl (C=O) groups excluding carboxylic acids is 1. The normalized spacial score (nSPS) is 12.5. The van der Waals surface area contributed by atoms with Gasteiger partial charge in [-0.3, -0.25) is 0 Å². The Kier molecular flexibility index (Phi) is 8.45. The third-order valence-electron chi connectivity index (χ3n) is 1.40. The lowest BCUT2D eigenvalue weighted by molar-refractivity contribution is -0.154. The molecule has 0 aliphatic heterocycles. The SMILES string of the molecule is COCCOCCOC(=O)[C@@H](O)CN. The third kappa shape index (κ3) is 6.79. The van der Waals surface area contributed by atoms with Gasteiger partial charge in [0.15, 0.2) is 6.10 Å². The number of ether oxygens (including phenoxy) is 3. The summed E-state index contributed by atoms with van der Waals surface area (Å²) in [6.45, 7) is 1.21. The van der Waals surface area contributed by atoms with Crippen molar-refractivity contribution >= 4 is 5.97 Å². The second-order valence-electron chi connectivity index (χ2n) is 2.52. The molecule has 0 aromatic carbocycles. The number of rotatable bonds is 8. The second kappa shape index (κ2) is 8.89. The Labute approximate surface area is 82.9 Å². The van der Waals surface area contributed by atoms with E-state index in [1.165, 1.54) is 0 Å². The average molecular weight is 207 g/mol. The molecule has 0 amide bonds. The van der Waals surface area contributed by atoms with E-state index in [1.54, 1.807) is 7.11 Å². The molecule has 0 aromatic rings. The Bertz CT molecular complexity index is 153. The largest absolute Gasteiger partial charge is 0.461 e. The highest BCUT2D eigenvalue weighted by Gasteiger charge is 2.13. The summed E-state index contributed by atoms with van der Waals surface area (Å²) in [5.74, 6) is -0.720. The van der Waals surface area contributed by atoms with Crippen molar-refractivity contribution in [2.24, 2.45) is 5.73 Å². The standard InChI is InChI=1S/C8H17NO5/c1-12-2-3-13-4-5-14-8(11)7(10)6-9/h7,10H,2-6,9H2,1H3/t7-/m0/s1. The molecule has 0 rings (SSSR count). The molecule has 1 atom stereocenters. The van der Waals surface area contributed by atoms with Gasteiger partial charge in [0, 0.05) is 13.7 Å². The molecule has 0 aliphatic rings. The van der Waals surface area contributed by atoms with Gasteiger partial charge in [0.25, 0.3) is 0 Å². The van der Waals surface area contributed by atoms with E-state index in [9.17, 15) is 4.79 Å². The number of aliphatic hydroxyl groups is 1. The molecule has 0 saturated heterocycles. The Hall–Kier alpha value is -0.690. The molecule has 0 heterocycles. The molecule has 0 saturated carbocycles. The lowest BCUT2D eigenvalue weighted by Crippen LogP contribution is -2.31. The van der Waals surface area contributed by atoms with Gasteiger partial charge in [-0.1, -0.05) is 0 Å². The highest BCUT2D eigenvalue weighted by Crippen LogP contribution is 1.86. The minimum Gasteiger partial charge on any atom is -0.461 e. The van der Waals surface area contributed by atoms with Crippen molar-refractivity contribution in [3.05, 3.63) is 0 Å². The van der Waals surface area contributed by atoms with Gasteiger partial charge < -0.3 is 25.1 Å². The monoisotopic (exact) mass is 207 g/mol. The fourth-order valence-electron chi connectivity index (χ4n) is 0.638. The summed E-state index contributed by atoms with van der Waals surface area (Å²) in [4.78, 5) is 10.8. The summed E-state index contributed by atoms with van der Waals surface area (Å²) in [5.41, 5.74) is 5.04. The fraction of sp³-hybridized carbons (Fsp3) is 0.875. The highest BCUT2D eigenvalue weighted by molar-refractivity contribution is 5.74. The maximum atomic E-state index is 10.8. The van der Waals surface area contributed by atoms with E-state index >= 15 is 0 Å².